The number of benzene rings is 2. The molecule has 3 aromatic rings. The summed E-state index contributed by atoms with van der Waals surface area (Å²) in [6, 6.07) is 19.4. The van der Waals surface area contributed by atoms with Crippen molar-refractivity contribution in [2.24, 2.45) is 5.73 Å². The van der Waals surface area contributed by atoms with Crippen molar-refractivity contribution in [1.29, 1.82) is 0 Å². The van der Waals surface area contributed by atoms with E-state index in [1.807, 2.05) is 36.4 Å². The lowest BCUT2D eigenvalue weighted by Gasteiger charge is -2.29. The van der Waals surface area contributed by atoms with Gasteiger partial charge in [-0.2, -0.15) is 0 Å². The molecule has 0 saturated heterocycles. The second kappa shape index (κ2) is 7.96. The molecule has 2 aromatic carbocycles. The van der Waals surface area contributed by atoms with Crippen LogP contribution in [0.5, 0.6) is 0 Å². The van der Waals surface area contributed by atoms with Gasteiger partial charge in [0, 0.05) is 18.5 Å². The minimum Gasteiger partial charge on any atom is -0.394 e. The van der Waals surface area contributed by atoms with Crippen LogP contribution in [0.3, 0.4) is 0 Å². The van der Waals surface area contributed by atoms with E-state index >= 15 is 0 Å². The predicted molar refractivity (Wildman–Crippen MR) is 105 cm³/mol. The lowest BCUT2D eigenvalue weighted by Crippen LogP contribution is -2.47. The summed E-state index contributed by atoms with van der Waals surface area (Å²) in [5.74, 6) is 0.473. The Morgan fingerprint density at radius 3 is 2.29 bits per heavy atom. The molecule has 0 saturated carbocycles. The minimum atomic E-state index is -0.899. The van der Waals surface area contributed by atoms with E-state index in [9.17, 15) is 9.90 Å². The van der Waals surface area contributed by atoms with Crippen LogP contribution in [0.25, 0.3) is 0 Å². The number of carbonyl (C=O) groups excluding carboxylic acids is 1. The van der Waals surface area contributed by atoms with Gasteiger partial charge >= 0.3 is 0 Å². The maximum atomic E-state index is 12.5. The van der Waals surface area contributed by atoms with Gasteiger partial charge < -0.3 is 20.3 Å². The number of hydrogen-bond acceptors (Lipinski definition) is 5. The summed E-state index contributed by atoms with van der Waals surface area (Å²) in [6.07, 6.45) is 0.586. The number of hydrogen-bond donors (Lipinski definition) is 2. The van der Waals surface area contributed by atoms with Crippen LogP contribution in [0.2, 0.25) is 0 Å². The van der Waals surface area contributed by atoms with Crippen molar-refractivity contribution < 1.29 is 14.4 Å². The third-order valence-corrected chi connectivity index (χ3v) is 5.22. The summed E-state index contributed by atoms with van der Waals surface area (Å²) in [4.78, 5) is 14.1. The Morgan fingerprint density at radius 1 is 1.11 bits per heavy atom. The van der Waals surface area contributed by atoms with Crippen molar-refractivity contribution in [3.05, 3.63) is 88.8 Å². The lowest BCUT2D eigenvalue weighted by molar-refractivity contribution is -0.134. The van der Waals surface area contributed by atoms with Crippen molar-refractivity contribution in [2.45, 2.75) is 24.9 Å². The van der Waals surface area contributed by atoms with Gasteiger partial charge in [-0.1, -0.05) is 65.8 Å². The third kappa shape index (κ3) is 3.44. The van der Waals surface area contributed by atoms with Gasteiger partial charge in [0.15, 0.2) is 0 Å². The van der Waals surface area contributed by atoms with Crippen LogP contribution < -0.4 is 5.73 Å². The molecule has 1 aliphatic rings. The average Bonchev–Trinajstić information content (AvgIpc) is 3.17. The molecule has 2 heterocycles. The summed E-state index contributed by atoms with van der Waals surface area (Å²) < 4.78 is 5.66. The average molecular weight is 377 g/mol. The Bertz CT molecular complexity index is 901. The predicted octanol–water partition coefficient (Wildman–Crippen LogP) is 2.06. The van der Waals surface area contributed by atoms with Gasteiger partial charge in [-0.25, -0.2) is 0 Å². The number of fused-ring (bicyclic) bond motifs is 1. The Morgan fingerprint density at radius 2 is 1.71 bits per heavy atom. The van der Waals surface area contributed by atoms with E-state index in [4.69, 9.17) is 10.3 Å². The highest BCUT2D eigenvalue weighted by molar-refractivity contribution is 5.82. The van der Waals surface area contributed by atoms with Crippen LogP contribution in [-0.4, -0.2) is 40.3 Å². The summed E-state index contributed by atoms with van der Waals surface area (Å²) >= 11 is 0. The smallest absolute Gasteiger partial charge is 0.242 e. The molecular weight excluding hydrogens is 354 g/mol. The van der Waals surface area contributed by atoms with Crippen molar-refractivity contribution in [3.8, 4) is 0 Å². The lowest BCUT2D eigenvalue weighted by atomic mass is 9.85. The van der Waals surface area contributed by atoms with Gasteiger partial charge in [0.25, 0.3) is 0 Å². The summed E-state index contributed by atoms with van der Waals surface area (Å²) in [6.45, 7) is 0.529. The highest BCUT2D eigenvalue weighted by Crippen LogP contribution is 2.36. The van der Waals surface area contributed by atoms with E-state index in [1.54, 1.807) is 4.90 Å². The van der Waals surface area contributed by atoms with E-state index in [0.29, 0.717) is 19.5 Å². The summed E-state index contributed by atoms with van der Waals surface area (Å²) in [7, 11) is 0. The van der Waals surface area contributed by atoms with E-state index < -0.39 is 6.04 Å². The molecule has 144 valence electrons. The fraction of sp³-hybridized carbons (Fsp3) is 0.273. The SMILES string of the molecule is N[C@@H](CO)C(=O)N1CCc2onc(C(c3ccccc3)c3ccccc3)c2C1. The van der Waals surface area contributed by atoms with E-state index in [1.165, 1.54) is 0 Å². The number of aliphatic hydroxyl groups is 1. The number of aliphatic hydroxyl groups excluding tert-OH is 1. The molecule has 0 fully saturated rings. The monoisotopic (exact) mass is 377 g/mol. The van der Waals surface area contributed by atoms with Crippen LogP contribution in [0.15, 0.2) is 65.2 Å². The molecule has 0 bridgehead atoms. The van der Waals surface area contributed by atoms with Gasteiger partial charge in [0.2, 0.25) is 5.91 Å². The van der Waals surface area contributed by atoms with Crippen molar-refractivity contribution in [3.63, 3.8) is 0 Å². The Labute approximate surface area is 163 Å². The molecular formula is C22H23N3O3. The van der Waals surface area contributed by atoms with Crippen molar-refractivity contribution in [1.82, 2.24) is 10.1 Å². The van der Waals surface area contributed by atoms with E-state index in [0.717, 1.165) is 28.1 Å². The first-order chi connectivity index (χ1) is 13.7. The Kier molecular flexibility index (Phi) is 5.23. The molecule has 1 atom stereocenters. The number of nitrogens with zero attached hydrogens (tertiary/aromatic N) is 2. The first-order valence-corrected chi connectivity index (χ1v) is 9.41. The van der Waals surface area contributed by atoms with Gasteiger partial charge in [-0.05, 0) is 11.1 Å². The number of nitrogens with two attached hydrogens (primary N) is 1. The Balaban J connectivity index is 1.74. The molecule has 6 nitrogen and oxygen atoms in total. The van der Waals surface area contributed by atoms with E-state index in [2.05, 4.69) is 29.4 Å². The standard InChI is InChI=1S/C22H23N3O3/c23-18(14-26)22(27)25-12-11-19-17(13-25)21(24-28-19)20(15-7-3-1-4-8-15)16-9-5-2-6-10-16/h1-10,18,20,26H,11-14,23H2/t18-/m0/s1. The highest BCUT2D eigenvalue weighted by Gasteiger charge is 2.32. The molecule has 0 spiro atoms. The Hall–Kier alpha value is -2.96. The molecule has 0 unspecified atom stereocenters. The molecule has 28 heavy (non-hydrogen) atoms. The van der Waals surface area contributed by atoms with Crippen LogP contribution in [0, 0.1) is 0 Å². The maximum absolute atomic E-state index is 12.5. The van der Waals surface area contributed by atoms with Gasteiger partial charge in [-0.15, -0.1) is 0 Å². The van der Waals surface area contributed by atoms with Crippen LogP contribution in [0.4, 0.5) is 0 Å². The zero-order chi connectivity index (χ0) is 19.5. The van der Waals surface area contributed by atoms with Gasteiger partial charge in [-0.3, -0.25) is 4.79 Å². The number of aromatic nitrogens is 1. The fourth-order valence-corrected chi connectivity index (χ4v) is 3.76. The summed E-state index contributed by atoms with van der Waals surface area (Å²) in [5, 5.41) is 13.6. The molecule has 1 amide bonds. The highest BCUT2D eigenvalue weighted by atomic mass is 16.5. The second-order valence-electron chi connectivity index (χ2n) is 7.02. The van der Waals surface area contributed by atoms with Crippen molar-refractivity contribution in [2.75, 3.05) is 13.2 Å². The molecule has 3 N–H and O–H groups in total. The van der Waals surface area contributed by atoms with Crippen LogP contribution in [-0.2, 0) is 17.8 Å². The molecule has 0 aliphatic carbocycles. The number of rotatable bonds is 5. The number of carbonyl (C=O) groups is 1. The largest absolute Gasteiger partial charge is 0.394 e. The van der Waals surface area contributed by atoms with E-state index in [-0.39, 0.29) is 18.4 Å². The molecule has 6 heteroatoms. The van der Waals surface area contributed by atoms with Crippen LogP contribution in [0.1, 0.15) is 34.1 Å². The normalized spacial score (nSPS) is 14.8. The topological polar surface area (TPSA) is 92.6 Å². The summed E-state index contributed by atoms with van der Waals surface area (Å²) in [5.41, 5.74) is 9.72. The zero-order valence-corrected chi connectivity index (χ0v) is 15.5. The maximum Gasteiger partial charge on any atom is 0.242 e. The third-order valence-electron chi connectivity index (χ3n) is 5.22. The molecule has 4 rings (SSSR count). The van der Waals surface area contributed by atoms with Gasteiger partial charge in [0.1, 0.15) is 17.5 Å². The molecule has 1 aliphatic heterocycles. The zero-order valence-electron chi connectivity index (χ0n) is 15.5. The van der Waals surface area contributed by atoms with Crippen LogP contribution >= 0.6 is 0 Å². The first kappa shape index (κ1) is 18.4. The molecule has 0 radical (unpaired) electrons. The first-order valence-electron chi connectivity index (χ1n) is 9.41. The fourth-order valence-electron chi connectivity index (χ4n) is 3.76. The second-order valence-corrected chi connectivity index (χ2v) is 7.02. The van der Waals surface area contributed by atoms with Crippen molar-refractivity contribution >= 4 is 5.91 Å². The minimum absolute atomic E-state index is 0.0866. The van der Waals surface area contributed by atoms with Gasteiger partial charge in [0.05, 0.1) is 19.1 Å². The number of amides is 1. The molecule has 1 aromatic heterocycles. The quantitative estimate of drug-likeness (QED) is 0.710.